The first-order chi connectivity index (χ1) is 11.0. The van der Waals surface area contributed by atoms with E-state index in [1.54, 1.807) is 0 Å². The van der Waals surface area contributed by atoms with E-state index in [-0.39, 0.29) is 5.91 Å². The van der Waals surface area contributed by atoms with Crippen molar-refractivity contribution in [2.45, 2.75) is 40.2 Å². The number of halogens is 1. The molecule has 0 aliphatic carbocycles. The Labute approximate surface area is 146 Å². The second kappa shape index (κ2) is 8.16. The van der Waals surface area contributed by atoms with Crippen LogP contribution < -0.4 is 10.1 Å². The molecule has 2 aromatic rings. The van der Waals surface area contributed by atoms with Gasteiger partial charge in [-0.25, -0.2) is 0 Å². The normalized spacial score (nSPS) is 10.4. The molecule has 0 radical (unpaired) electrons. The van der Waals surface area contributed by atoms with Gasteiger partial charge in [0.2, 0.25) is 5.91 Å². The molecular formula is C19H22BrNO2. The maximum atomic E-state index is 11.7. The van der Waals surface area contributed by atoms with E-state index in [1.165, 1.54) is 5.56 Å². The SMILES string of the molecule is CCC(=O)Nc1cccc(Br)c1COc1ccc(CC)cc1C. The third-order valence-electron chi connectivity index (χ3n) is 3.73. The van der Waals surface area contributed by atoms with Crippen LogP contribution in [0.3, 0.4) is 0 Å². The molecule has 1 N–H and O–H groups in total. The Balaban J connectivity index is 2.18. The molecule has 0 bridgehead atoms. The van der Waals surface area contributed by atoms with E-state index < -0.39 is 0 Å². The summed E-state index contributed by atoms with van der Waals surface area (Å²) in [6.07, 6.45) is 1.46. The average molecular weight is 376 g/mol. The summed E-state index contributed by atoms with van der Waals surface area (Å²) in [7, 11) is 0. The molecule has 2 rings (SSSR count). The number of nitrogens with one attached hydrogen (secondary N) is 1. The first kappa shape index (κ1) is 17.5. The van der Waals surface area contributed by atoms with Gasteiger partial charge in [-0.2, -0.15) is 0 Å². The Morgan fingerprint density at radius 3 is 2.65 bits per heavy atom. The molecule has 0 saturated heterocycles. The van der Waals surface area contributed by atoms with Crippen LogP contribution >= 0.6 is 15.9 Å². The van der Waals surface area contributed by atoms with Gasteiger partial charge in [-0.15, -0.1) is 0 Å². The number of hydrogen-bond acceptors (Lipinski definition) is 2. The molecule has 0 fully saturated rings. The fourth-order valence-corrected chi connectivity index (χ4v) is 2.78. The van der Waals surface area contributed by atoms with Gasteiger partial charge in [0.1, 0.15) is 12.4 Å². The van der Waals surface area contributed by atoms with E-state index in [9.17, 15) is 4.79 Å². The molecule has 0 spiro atoms. The minimum atomic E-state index is -0.00664. The highest BCUT2D eigenvalue weighted by molar-refractivity contribution is 9.10. The maximum absolute atomic E-state index is 11.7. The molecule has 0 heterocycles. The monoisotopic (exact) mass is 375 g/mol. The highest BCUT2D eigenvalue weighted by Crippen LogP contribution is 2.28. The molecule has 0 aliphatic heterocycles. The molecular weight excluding hydrogens is 354 g/mol. The van der Waals surface area contributed by atoms with Crippen molar-refractivity contribution in [3.8, 4) is 5.75 Å². The summed E-state index contributed by atoms with van der Waals surface area (Å²) in [6.45, 7) is 6.42. The summed E-state index contributed by atoms with van der Waals surface area (Å²) in [5, 5.41) is 2.92. The highest BCUT2D eigenvalue weighted by Gasteiger charge is 2.10. The van der Waals surface area contributed by atoms with Gasteiger partial charge in [-0.1, -0.05) is 48.0 Å². The van der Waals surface area contributed by atoms with E-state index >= 15 is 0 Å². The minimum Gasteiger partial charge on any atom is -0.489 e. The highest BCUT2D eigenvalue weighted by atomic mass is 79.9. The van der Waals surface area contributed by atoms with Crippen LogP contribution in [0.4, 0.5) is 5.69 Å². The lowest BCUT2D eigenvalue weighted by molar-refractivity contribution is -0.115. The first-order valence-electron chi connectivity index (χ1n) is 7.84. The number of aryl methyl sites for hydroxylation is 2. The fraction of sp³-hybridized carbons (Fsp3) is 0.316. The topological polar surface area (TPSA) is 38.3 Å². The van der Waals surface area contributed by atoms with Crippen molar-refractivity contribution < 1.29 is 9.53 Å². The molecule has 0 atom stereocenters. The summed E-state index contributed by atoms with van der Waals surface area (Å²) in [5.74, 6) is 0.860. The van der Waals surface area contributed by atoms with Crippen molar-refractivity contribution in [1.29, 1.82) is 0 Å². The molecule has 3 nitrogen and oxygen atoms in total. The number of rotatable bonds is 6. The fourth-order valence-electron chi connectivity index (χ4n) is 2.30. The maximum Gasteiger partial charge on any atom is 0.224 e. The Morgan fingerprint density at radius 1 is 1.22 bits per heavy atom. The molecule has 4 heteroatoms. The van der Waals surface area contributed by atoms with Crippen molar-refractivity contribution >= 4 is 27.5 Å². The zero-order valence-electron chi connectivity index (χ0n) is 13.8. The zero-order chi connectivity index (χ0) is 16.8. The van der Waals surface area contributed by atoms with Crippen LogP contribution in [0.15, 0.2) is 40.9 Å². The van der Waals surface area contributed by atoms with Crippen LogP contribution in [0.2, 0.25) is 0 Å². The molecule has 0 unspecified atom stereocenters. The van der Waals surface area contributed by atoms with Crippen molar-refractivity contribution in [3.63, 3.8) is 0 Å². The van der Waals surface area contributed by atoms with Crippen molar-refractivity contribution in [3.05, 3.63) is 57.6 Å². The predicted octanol–water partition coefficient (Wildman–Crippen LogP) is 5.25. The van der Waals surface area contributed by atoms with Crippen LogP contribution in [0.25, 0.3) is 0 Å². The summed E-state index contributed by atoms with van der Waals surface area (Å²) in [6, 6.07) is 12.0. The molecule has 23 heavy (non-hydrogen) atoms. The molecule has 122 valence electrons. The summed E-state index contributed by atoms with van der Waals surface area (Å²) < 4.78 is 6.90. The third kappa shape index (κ3) is 4.58. The smallest absolute Gasteiger partial charge is 0.224 e. The largest absolute Gasteiger partial charge is 0.489 e. The van der Waals surface area contributed by atoms with Crippen LogP contribution in [-0.2, 0) is 17.8 Å². The van der Waals surface area contributed by atoms with E-state index in [0.717, 1.165) is 33.5 Å². The van der Waals surface area contributed by atoms with Gasteiger partial charge in [-0.05, 0) is 42.7 Å². The Kier molecular flexibility index (Phi) is 6.22. The quantitative estimate of drug-likeness (QED) is 0.748. The predicted molar refractivity (Wildman–Crippen MR) is 98.0 cm³/mol. The molecule has 0 aromatic heterocycles. The van der Waals surface area contributed by atoms with Crippen LogP contribution in [0, 0.1) is 6.92 Å². The number of amides is 1. The van der Waals surface area contributed by atoms with Crippen molar-refractivity contribution in [2.24, 2.45) is 0 Å². The number of carbonyl (C=O) groups is 1. The van der Waals surface area contributed by atoms with Gasteiger partial charge in [0.05, 0.1) is 0 Å². The molecule has 0 saturated carbocycles. The summed E-state index contributed by atoms with van der Waals surface area (Å²) in [5.41, 5.74) is 4.14. The van der Waals surface area contributed by atoms with Gasteiger partial charge >= 0.3 is 0 Å². The van der Waals surface area contributed by atoms with E-state index in [4.69, 9.17) is 4.74 Å². The van der Waals surface area contributed by atoms with Gasteiger partial charge in [-0.3, -0.25) is 4.79 Å². The summed E-state index contributed by atoms with van der Waals surface area (Å²) >= 11 is 3.54. The number of ether oxygens (including phenoxy) is 1. The Morgan fingerprint density at radius 2 is 2.00 bits per heavy atom. The minimum absolute atomic E-state index is 0.00664. The molecule has 1 amide bonds. The number of hydrogen-bond donors (Lipinski definition) is 1. The van der Waals surface area contributed by atoms with Crippen molar-refractivity contribution in [1.82, 2.24) is 0 Å². The first-order valence-corrected chi connectivity index (χ1v) is 8.64. The van der Waals surface area contributed by atoms with Crippen LogP contribution in [0.5, 0.6) is 5.75 Å². The van der Waals surface area contributed by atoms with Gasteiger partial charge < -0.3 is 10.1 Å². The second-order valence-electron chi connectivity index (χ2n) is 5.41. The third-order valence-corrected chi connectivity index (χ3v) is 4.48. The van der Waals surface area contributed by atoms with E-state index in [2.05, 4.69) is 40.3 Å². The van der Waals surface area contributed by atoms with Crippen molar-refractivity contribution in [2.75, 3.05) is 5.32 Å². The lowest BCUT2D eigenvalue weighted by Gasteiger charge is -2.15. The lowest BCUT2D eigenvalue weighted by atomic mass is 10.1. The van der Waals surface area contributed by atoms with Crippen LogP contribution in [0.1, 0.15) is 37.0 Å². The van der Waals surface area contributed by atoms with Gasteiger partial charge in [0.15, 0.2) is 0 Å². The number of benzene rings is 2. The lowest BCUT2D eigenvalue weighted by Crippen LogP contribution is -2.12. The zero-order valence-corrected chi connectivity index (χ0v) is 15.4. The summed E-state index contributed by atoms with van der Waals surface area (Å²) in [4.78, 5) is 11.7. The van der Waals surface area contributed by atoms with E-state index in [1.807, 2.05) is 38.1 Å². The number of carbonyl (C=O) groups excluding carboxylic acids is 1. The average Bonchev–Trinajstić information content (AvgIpc) is 2.55. The van der Waals surface area contributed by atoms with E-state index in [0.29, 0.717) is 13.0 Å². The van der Waals surface area contributed by atoms with Gasteiger partial charge in [0, 0.05) is 22.1 Å². The molecule has 0 aliphatic rings. The number of anilines is 1. The van der Waals surface area contributed by atoms with Crippen LogP contribution in [-0.4, -0.2) is 5.91 Å². The second-order valence-corrected chi connectivity index (χ2v) is 6.26. The molecule has 2 aromatic carbocycles. The van der Waals surface area contributed by atoms with Gasteiger partial charge in [0.25, 0.3) is 0 Å². The Bertz CT molecular complexity index is 698. The standard InChI is InChI=1S/C19H22BrNO2/c1-4-14-9-10-18(13(3)11-14)23-12-15-16(20)7-6-8-17(15)21-19(22)5-2/h6-11H,4-5,12H2,1-3H3,(H,21,22). The Hall–Kier alpha value is -1.81.